The fraction of sp³-hybridized carbons (Fsp3) is 0.471. The van der Waals surface area contributed by atoms with Gasteiger partial charge < -0.3 is 30.7 Å². The molecule has 3 aliphatic rings. The van der Waals surface area contributed by atoms with E-state index >= 15 is 0 Å². The van der Waals surface area contributed by atoms with E-state index in [1.54, 1.807) is 18.2 Å². The molecule has 1 spiro atoms. The minimum atomic E-state index is -4.09. The number of sulfonamides is 1. The third-order valence-corrected chi connectivity index (χ3v) is 14.2. The van der Waals surface area contributed by atoms with Crippen LogP contribution in [0, 0.1) is 5.82 Å². The number of nitrogens with one attached hydrogen (secondary N) is 1. The van der Waals surface area contributed by atoms with E-state index in [1.165, 1.54) is 28.6 Å². The topological polar surface area (TPSA) is 168 Å². The second-order valence-corrected chi connectivity index (χ2v) is 17.3. The van der Waals surface area contributed by atoms with Crippen molar-refractivity contribution in [2.45, 2.75) is 70.9 Å². The lowest BCUT2D eigenvalue weighted by Crippen LogP contribution is -2.47. The predicted octanol–water partition coefficient (Wildman–Crippen LogP) is 2.59. The Morgan fingerprint density at radius 1 is 1.00 bits per heavy atom. The smallest absolute Gasteiger partial charge is 0.246 e. The molecular formula is C34H42FN3O8S2. The van der Waals surface area contributed by atoms with Crippen molar-refractivity contribution < 1.29 is 40.9 Å². The van der Waals surface area contributed by atoms with Crippen molar-refractivity contribution in [2.24, 2.45) is 5.73 Å². The van der Waals surface area contributed by atoms with Gasteiger partial charge in [0.15, 0.2) is 9.84 Å². The molecule has 48 heavy (non-hydrogen) atoms. The van der Waals surface area contributed by atoms with Crippen LogP contribution in [0.5, 0.6) is 5.75 Å². The van der Waals surface area contributed by atoms with E-state index in [1.807, 2.05) is 24.3 Å². The Labute approximate surface area is 280 Å². The highest BCUT2D eigenvalue weighted by atomic mass is 32.2. The maximum Gasteiger partial charge on any atom is 0.246 e. The van der Waals surface area contributed by atoms with Crippen molar-refractivity contribution in [1.82, 2.24) is 9.62 Å². The van der Waals surface area contributed by atoms with Crippen LogP contribution in [0.4, 0.5) is 4.39 Å². The quantitative estimate of drug-likeness (QED) is 0.208. The lowest BCUT2D eigenvalue weighted by molar-refractivity contribution is -0.0312. The molecule has 11 nitrogen and oxygen atoms in total. The summed E-state index contributed by atoms with van der Waals surface area (Å²) in [7, 11) is -7.78. The monoisotopic (exact) mass is 703 g/mol. The molecular weight excluding hydrogens is 662 g/mol. The van der Waals surface area contributed by atoms with Gasteiger partial charge in [0.25, 0.3) is 0 Å². The predicted molar refractivity (Wildman–Crippen MR) is 177 cm³/mol. The van der Waals surface area contributed by atoms with Crippen LogP contribution in [-0.2, 0) is 31.1 Å². The molecule has 0 unspecified atom stereocenters. The van der Waals surface area contributed by atoms with Crippen LogP contribution in [-0.4, -0.2) is 93.3 Å². The van der Waals surface area contributed by atoms with Gasteiger partial charge in [-0.1, -0.05) is 36.4 Å². The van der Waals surface area contributed by atoms with Crippen molar-refractivity contribution in [3.05, 3.63) is 78.1 Å². The zero-order chi connectivity index (χ0) is 34.2. The van der Waals surface area contributed by atoms with Crippen LogP contribution in [0.2, 0.25) is 0 Å². The number of nitrogens with two attached hydrogens (primary N) is 1. The van der Waals surface area contributed by atoms with Gasteiger partial charge in [0.05, 0.1) is 28.5 Å². The first-order valence-corrected chi connectivity index (χ1v) is 19.1. The number of sulfone groups is 1. The summed E-state index contributed by atoms with van der Waals surface area (Å²) >= 11 is 0. The molecule has 3 aromatic carbocycles. The van der Waals surface area contributed by atoms with Gasteiger partial charge in [0, 0.05) is 32.2 Å². The lowest BCUT2D eigenvalue weighted by Gasteiger charge is -2.38. The summed E-state index contributed by atoms with van der Waals surface area (Å²) in [6.07, 6.45) is 1.50. The molecule has 14 heteroatoms. The summed E-state index contributed by atoms with van der Waals surface area (Å²) in [6.45, 7) is 0.882. The van der Waals surface area contributed by atoms with Gasteiger partial charge in [-0.3, -0.25) is 0 Å². The molecule has 260 valence electrons. The fourth-order valence-electron chi connectivity index (χ4n) is 6.50. The van der Waals surface area contributed by atoms with Gasteiger partial charge in [-0.05, 0) is 79.1 Å². The Morgan fingerprint density at radius 2 is 1.71 bits per heavy atom. The van der Waals surface area contributed by atoms with E-state index in [0.29, 0.717) is 56.6 Å². The van der Waals surface area contributed by atoms with Crippen molar-refractivity contribution in [1.29, 1.82) is 0 Å². The highest BCUT2D eigenvalue weighted by Crippen LogP contribution is 2.46. The SMILES string of the molecule is NCc1ccc(-c2ccc(F)c(S(=O)(=O)N3CCC4(CC3)C[C@@H](NC[C@H](O)COc3cccc(S(=O)(=O)C5(CO)CC5)c3)CO4)c2)cc1. The van der Waals surface area contributed by atoms with E-state index in [2.05, 4.69) is 5.32 Å². The normalized spacial score (nSPS) is 21.3. The molecule has 2 saturated heterocycles. The summed E-state index contributed by atoms with van der Waals surface area (Å²) in [4.78, 5) is -0.272. The molecule has 5 N–H and O–H groups in total. The molecule has 0 bridgehead atoms. The van der Waals surface area contributed by atoms with Gasteiger partial charge in [0.2, 0.25) is 10.0 Å². The zero-order valence-corrected chi connectivity index (χ0v) is 28.2. The van der Waals surface area contributed by atoms with E-state index in [4.69, 9.17) is 15.2 Å². The largest absolute Gasteiger partial charge is 0.491 e. The molecule has 1 aliphatic carbocycles. The average Bonchev–Trinajstić information content (AvgIpc) is 3.83. The molecule has 6 rings (SSSR count). The first-order chi connectivity index (χ1) is 22.9. The molecule has 2 aliphatic heterocycles. The molecule has 2 atom stereocenters. The first kappa shape index (κ1) is 34.9. The van der Waals surface area contributed by atoms with Gasteiger partial charge in [-0.25, -0.2) is 21.2 Å². The molecule has 0 aromatic heterocycles. The molecule has 0 radical (unpaired) electrons. The summed E-state index contributed by atoms with van der Waals surface area (Å²) in [6, 6.07) is 17.5. The number of ether oxygens (including phenoxy) is 2. The number of nitrogens with zero attached hydrogens (tertiary/aromatic N) is 1. The third kappa shape index (κ3) is 7.03. The second-order valence-electron chi connectivity index (χ2n) is 13.0. The van der Waals surface area contributed by atoms with Crippen molar-refractivity contribution in [3.8, 4) is 16.9 Å². The summed E-state index contributed by atoms with van der Waals surface area (Å²) in [5, 5.41) is 23.4. The Kier molecular flexibility index (Phi) is 10.00. The Bertz CT molecular complexity index is 1830. The van der Waals surface area contributed by atoms with Crippen LogP contribution in [0.1, 0.15) is 37.7 Å². The number of benzene rings is 3. The summed E-state index contributed by atoms with van der Waals surface area (Å²) < 4.78 is 79.9. The van der Waals surface area contributed by atoms with Crippen LogP contribution in [0.15, 0.2) is 76.5 Å². The Hall–Kier alpha value is -2.95. The van der Waals surface area contributed by atoms with E-state index < -0.39 is 48.7 Å². The average molecular weight is 704 g/mol. The Morgan fingerprint density at radius 3 is 2.38 bits per heavy atom. The van der Waals surface area contributed by atoms with E-state index in [9.17, 15) is 31.4 Å². The minimum Gasteiger partial charge on any atom is -0.491 e. The number of rotatable bonds is 13. The van der Waals surface area contributed by atoms with Crippen LogP contribution < -0.4 is 15.8 Å². The molecule has 0 amide bonds. The standard InChI is InChI=1S/C34H42FN3O8S2/c35-31-9-8-26(25-6-4-24(19-36)5-7-25)16-32(31)48(43,44)38-14-12-33(13-15-38)18-27(21-46-33)37-20-28(40)22-45-29-2-1-3-30(17-29)47(41,42)34(23-39)10-11-34/h1-9,16-17,27-28,37,39-40H,10-15,18-23,36H2/t27-,28+/m1/s1. The maximum absolute atomic E-state index is 14.9. The maximum atomic E-state index is 14.9. The summed E-state index contributed by atoms with van der Waals surface area (Å²) in [5.74, 6) is -0.492. The van der Waals surface area contributed by atoms with Gasteiger partial charge >= 0.3 is 0 Å². The van der Waals surface area contributed by atoms with Crippen LogP contribution in [0.25, 0.3) is 11.1 Å². The van der Waals surface area contributed by atoms with Crippen molar-refractivity contribution in [2.75, 3.05) is 39.5 Å². The number of hydrogen-bond acceptors (Lipinski definition) is 10. The number of piperidine rings is 1. The first-order valence-electron chi connectivity index (χ1n) is 16.1. The highest BCUT2D eigenvalue weighted by molar-refractivity contribution is 7.93. The number of halogens is 1. The van der Waals surface area contributed by atoms with E-state index in [-0.39, 0.29) is 42.1 Å². The summed E-state index contributed by atoms with van der Waals surface area (Å²) in [5.41, 5.74) is 7.46. The highest BCUT2D eigenvalue weighted by Gasteiger charge is 2.54. The fourth-order valence-corrected chi connectivity index (χ4v) is 9.87. The van der Waals surface area contributed by atoms with Crippen LogP contribution >= 0.6 is 0 Å². The second kappa shape index (κ2) is 13.8. The number of aliphatic hydroxyl groups is 2. The third-order valence-electron chi connectivity index (χ3n) is 9.78. The molecule has 1 saturated carbocycles. The van der Waals surface area contributed by atoms with Crippen molar-refractivity contribution >= 4 is 19.9 Å². The van der Waals surface area contributed by atoms with Crippen molar-refractivity contribution in [3.63, 3.8) is 0 Å². The van der Waals surface area contributed by atoms with Gasteiger partial charge in [-0.2, -0.15) is 4.31 Å². The zero-order valence-electron chi connectivity index (χ0n) is 26.6. The molecule has 3 aromatic rings. The number of aliphatic hydroxyl groups excluding tert-OH is 2. The van der Waals surface area contributed by atoms with Gasteiger partial charge in [0.1, 0.15) is 29.2 Å². The number of hydrogen-bond donors (Lipinski definition) is 4. The molecule has 2 heterocycles. The molecule has 3 fully saturated rings. The van der Waals surface area contributed by atoms with Crippen LogP contribution in [0.3, 0.4) is 0 Å². The minimum absolute atomic E-state index is 0.0655. The lowest BCUT2D eigenvalue weighted by atomic mass is 9.88. The Balaban J connectivity index is 0.990. The van der Waals surface area contributed by atoms with E-state index in [0.717, 1.165) is 11.1 Å². The van der Waals surface area contributed by atoms with Gasteiger partial charge in [-0.15, -0.1) is 0 Å².